The first-order valence-corrected chi connectivity index (χ1v) is 10.5. The number of hydrogen-bond donors (Lipinski definition) is 1. The van der Waals surface area contributed by atoms with Crippen molar-refractivity contribution in [2.45, 2.75) is 45.4 Å². The first-order chi connectivity index (χ1) is 14.9. The maximum absolute atomic E-state index is 12.0. The quantitative estimate of drug-likeness (QED) is 0.511. The van der Waals surface area contributed by atoms with Crippen molar-refractivity contribution in [2.75, 3.05) is 5.32 Å². The lowest BCUT2D eigenvalue weighted by atomic mass is 9.85. The lowest BCUT2D eigenvalue weighted by molar-refractivity contribution is -0.117. The molecule has 1 fully saturated rings. The summed E-state index contributed by atoms with van der Waals surface area (Å²) in [6.45, 7) is 6.02. The average Bonchev–Trinajstić information content (AvgIpc) is 3.37. The van der Waals surface area contributed by atoms with E-state index in [0.717, 1.165) is 30.4 Å². The highest BCUT2D eigenvalue weighted by Gasteiger charge is 2.30. The van der Waals surface area contributed by atoms with Gasteiger partial charge in [0.05, 0.1) is 0 Å². The molecule has 158 valence electrons. The molecule has 3 heterocycles. The van der Waals surface area contributed by atoms with Gasteiger partial charge in [-0.1, -0.05) is 43.3 Å². The van der Waals surface area contributed by atoms with Crippen molar-refractivity contribution in [1.29, 1.82) is 0 Å². The van der Waals surface area contributed by atoms with Gasteiger partial charge < -0.3 is 4.52 Å². The highest BCUT2D eigenvalue weighted by Crippen LogP contribution is 2.31. The summed E-state index contributed by atoms with van der Waals surface area (Å²) in [6.07, 6.45) is 4.50. The Bertz CT molecular complexity index is 1250. The summed E-state index contributed by atoms with van der Waals surface area (Å²) in [4.78, 5) is 21.0. The Kier molecular flexibility index (Phi) is 4.57. The summed E-state index contributed by atoms with van der Waals surface area (Å²) in [5.74, 6) is 1.74. The molecular weight excluding hydrogens is 392 g/mol. The number of carbonyl (C=O) groups excluding carboxylic acids is 1. The summed E-state index contributed by atoms with van der Waals surface area (Å²) in [7, 11) is 0. The van der Waals surface area contributed by atoms with E-state index in [-0.39, 0.29) is 17.2 Å². The molecule has 0 aliphatic heterocycles. The fourth-order valence-electron chi connectivity index (χ4n) is 3.70. The van der Waals surface area contributed by atoms with Crippen LogP contribution >= 0.6 is 0 Å². The molecule has 1 aromatic carbocycles. The van der Waals surface area contributed by atoms with E-state index >= 15 is 0 Å². The van der Waals surface area contributed by atoms with E-state index in [1.807, 2.05) is 25.3 Å². The Balaban J connectivity index is 1.39. The normalized spacial score (nSPS) is 14.2. The van der Waals surface area contributed by atoms with Crippen molar-refractivity contribution < 1.29 is 9.32 Å². The van der Waals surface area contributed by atoms with Crippen molar-refractivity contribution in [2.24, 2.45) is 5.92 Å². The predicted molar refractivity (Wildman–Crippen MR) is 116 cm³/mol. The molecule has 1 N–H and O–H groups in total. The minimum absolute atomic E-state index is 0.000800. The number of anilines is 1. The monoisotopic (exact) mass is 416 g/mol. The zero-order chi connectivity index (χ0) is 21.6. The zero-order valence-corrected chi connectivity index (χ0v) is 17.8. The van der Waals surface area contributed by atoms with Crippen molar-refractivity contribution in [3.05, 3.63) is 59.9 Å². The summed E-state index contributed by atoms with van der Waals surface area (Å²) >= 11 is 0. The highest BCUT2D eigenvalue weighted by atomic mass is 16.5. The Morgan fingerprint density at radius 3 is 2.65 bits per heavy atom. The molecule has 8 heteroatoms. The second-order valence-electron chi connectivity index (χ2n) is 8.79. The SMILES string of the molecule is Cc1noc(C(C)(C)Cc2ccc(-c3cccn4nc(NC(=O)C5CC5)nc34)cc2)n1. The summed E-state index contributed by atoms with van der Waals surface area (Å²) < 4.78 is 7.08. The molecule has 1 saturated carbocycles. The molecule has 0 spiro atoms. The molecule has 0 atom stereocenters. The van der Waals surface area contributed by atoms with Crippen LogP contribution in [0.15, 0.2) is 47.1 Å². The Morgan fingerprint density at radius 1 is 1.19 bits per heavy atom. The smallest absolute Gasteiger partial charge is 0.249 e. The average molecular weight is 416 g/mol. The standard InChI is InChI=1S/C23H24N6O2/c1-14-24-21(31-28-14)23(2,3)13-15-6-8-16(9-7-15)18-5-4-12-29-19(18)25-22(27-29)26-20(30)17-10-11-17/h4-9,12,17H,10-11,13H2,1-3H3,(H,26,27,30). The van der Waals surface area contributed by atoms with Crippen LogP contribution in [-0.4, -0.2) is 30.6 Å². The van der Waals surface area contributed by atoms with Gasteiger partial charge in [0, 0.05) is 23.1 Å². The van der Waals surface area contributed by atoms with Crippen LogP contribution in [0.1, 0.15) is 44.0 Å². The van der Waals surface area contributed by atoms with Crippen LogP contribution in [0.25, 0.3) is 16.8 Å². The molecule has 1 aliphatic rings. The maximum Gasteiger partial charge on any atom is 0.249 e. The minimum atomic E-state index is -0.259. The molecular formula is C23H24N6O2. The molecule has 1 amide bonds. The third kappa shape index (κ3) is 3.93. The molecule has 1 aliphatic carbocycles. The number of carbonyl (C=O) groups is 1. The number of nitrogens with one attached hydrogen (secondary N) is 1. The van der Waals surface area contributed by atoms with Crippen LogP contribution in [0.3, 0.4) is 0 Å². The van der Waals surface area contributed by atoms with E-state index in [4.69, 9.17) is 4.52 Å². The number of hydrogen-bond acceptors (Lipinski definition) is 6. The van der Waals surface area contributed by atoms with Crippen LogP contribution in [0.2, 0.25) is 0 Å². The predicted octanol–water partition coefficient (Wildman–Crippen LogP) is 3.96. The van der Waals surface area contributed by atoms with Crippen molar-refractivity contribution in [3.8, 4) is 11.1 Å². The van der Waals surface area contributed by atoms with Gasteiger partial charge in [-0.15, -0.1) is 5.10 Å². The van der Waals surface area contributed by atoms with E-state index in [1.54, 1.807) is 4.52 Å². The van der Waals surface area contributed by atoms with E-state index < -0.39 is 0 Å². The lowest BCUT2D eigenvalue weighted by Gasteiger charge is -2.20. The third-order valence-corrected chi connectivity index (χ3v) is 5.56. The van der Waals surface area contributed by atoms with Gasteiger partial charge >= 0.3 is 0 Å². The number of rotatable bonds is 6. The number of fused-ring (bicyclic) bond motifs is 1. The summed E-state index contributed by atoms with van der Waals surface area (Å²) in [5, 5.41) is 11.1. The molecule has 0 saturated heterocycles. The zero-order valence-electron chi connectivity index (χ0n) is 17.8. The fraction of sp³-hybridized carbons (Fsp3) is 0.348. The van der Waals surface area contributed by atoms with Crippen LogP contribution in [-0.2, 0) is 16.6 Å². The van der Waals surface area contributed by atoms with Gasteiger partial charge in [-0.3, -0.25) is 10.1 Å². The Hall–Kier alpha value is -3.55. The molecule has 4 aromatic rings. The number of aryl methyl sites for hydroxylation is 1. The van der Waals surface area contributed by atoms with Gasteiger partial charge in [-0.25, -0.2) is 4.52 Å². The summed E-state index contributed by atoms with van der Waals surface area (Å²) in [5.41, 5.74) is 3.62. The van der Waals surface area contributed by atoms with Gasteiger partial charge in [0.25, 0.3) is 0 Å². The molecule has 0 radical (unpaired) electrons. The first-order valence-electron chi connectivity index (χ1n) is 10.5. The number of aromatic nitrogens is 5. The second-order valence-corrected chi connectivity index (χ2v) is 8.79. The number of amides is 1. The highest BCUT2D eigenvalue weighted by molar-refractivity contribution is 5.93. The van der Waals surface area contributed by atoms with Crippen molar-refractivity contribution in [1.82, 2.24) is 24.7 Å². The molecule has 8 nitrogen and oxygen atoms in total. The maximum atomic E-state index is 12.0. The summed E-state index contributed by atoms with van der Waals surface area (Å²) in [6, 6.07) is 12.3. The van der Waals surface area contributed by atoms with Crippen molar-refractivity contribution >= 4 is 17.5 Å². The molecule has 3 aromatic heterocycles. The minimum Gasteiger partial charge on any atom is -0.339 e. The molecule has 0 unspecified atom stereocenters. The number of nitrogens with zero attached hydrogens (tertiary/aromatic N) is 5. The van der Waals surface area contributed by atoms with Gasteiger partial charge in [0.15, 0.2) is 11.5 Å². The van der Waals surface area contributed by atoms with Crippen LogP contribution < -0.4 is 5.32 Å². The lowest BCUT2D eigenvalue weighted by Crippen LogP contribution is -2.21. The first kappa shape index (κ1) is 19.4. The van der Waals surface area contributed by atoms with E-state index in [2.05, 4.69) is 63.7 Å². The fourth-order valence-corrected chi connectivity index (χ4v) is 3.70. The Labute approximate surface area is 179 Å². The van der Waals surface area contributed by atoms with Crippen LogP contribution in [0, 0.1) is 12.8 Å². The van der Waals surface area contributed by atoms with E-state index in [0.29, 0.717) is 23.3 Å². The van der Waals surface area contributed by atoms with E-state index in [1.165, 1.54) is 5.56 Å². The van der Waals surface area contributed by atoms with Crippen LogP contribution in [0.4, 0.5) is 5.95 Å². The van der Waals surface area contributed by atoms with Crippen molar-refractivity contribution in [3.63, 3.8) is 0 Å². The van der Waals surface area contributed by atoms with Gasteiger partial charge in [0.1, 0.15) is 0 Å². The topological polar surface area (TPSA) is 98.2 Å². The number of benzene rings is 1. The third-order valence-electron chi connectivity index (χ3n) is 5.56. The molecule has 0 bridgehead atoms. The molecule has 5 rings (SSSR count). The number of pyridine rings is 1. The molecule has 31 heavy (non-hydrogen) atoms. The second kappa shape index (κ2) is 7.30. The van der Waals surface area contributed by atoms with Crippen LogP contribution in [0.5, 0.6) is 0 Å². The Morgan fingerprint density at radius 2 is 1.97 bits per heavy atom. The van der Waals surface area contributed by atoms with Gasteiger partial charge in [0.2, 0.25) is 17.7 Å². The van der Waals surface area contributed by atoms with E-state index in [9.17, 15) is 4.79 Å². The van der Waals surface area contributed by atoms with Gasteiger partial charge in [-0.05, 0) is 49.4 Å². The van der Waals surface area contributed by atoms with Gasteiger partial charge in [-0.2, -0.15) is 9.97 Å². The largest absolute Gasteiger partial charge is 0.339 e.